The summed E-state index contributed by atoms with van der Waals surface area (Å²) in [6, 6.07) is 7.08. The summed E-state index contributed by atoms with van der Waals surface area (Å²) in [7, 11) is 3.32. The number of benzene rings is 1. The highest BCUT2D eigenvalue weighted by atomic mass is 16.5. The number of amides is 1. The third kappa shape index (κ3) is 5.43. The van der Waals surface area contributed by atoms with Crippen molar-refractivity contribution in [3.8, 4) is 5.75 Å². The van der Waals surface area contributed by atoms with Gasteiger partial charge in [0.25, 0.3) is 0 Å². The van der Waals surface area contributed by atoms with Gasteiger partial charge in [0.15, 0.2) is 0 Å². The lowest BCUT2D eigenvalue weighted by molar-refractivity contribution is -0.138. The number of carboxylic acids is 1. The Labute approximate surface area is 124 Å². The molecule has 6 heteroatoms. The van der Waals surface area contributed by atoms with E-state index in [1.165, 1.54) is 0 Å². The fraction of sp³-hybridized carbons (Fsp3) is 0.467. The van der Waals surface area contributed by atoms with Gasteiger partial charge in [-0.2, -0.15) is 0 Å². The number of ether oxygens (including phenoxy) is 1. The van der Waals surface area contributed by atoms with Crippen LogP contribution in [0.25, 0.3) is 0 Å². The zero-order valence-electron chi connectivity index (χ0n) is 12.6. The fourth-order valence-electron chi connectivity index (χ4n) is 1.84. The largest absolute Gasteiger partial charge is 0.496 e. The molecule has 0 aromatic heterocycles. The molecular formula is C15H22N2O4. The van der Waals surface area contributed by atoms with Crippen LogP contribution < -0.4 is 10.1 Å². The van der Waals surface area contributed by atoms with E-state index in [0.717, 1.165) is 11.3 Å². The van der Waals surface area contributed by atoms with E-state index < -0.39 is 5.97 Å². The zero-order valence-corrected chi connectivity index (χ0v) is 12.6. The molecule has 1 rings (SSSR count). The Morgan fingerprint density at radius 3 is 2.67 bits per heavy atom. The number of carboxylic acid groups (broad SMARTS) is 1. The minimum Gasteiger partial charge on any atom is -0.496 e. The van der Waals surface area contributed by atoms with E-state index in [4.69, 9.17) is 9.84 Å². The van der Waals surface area contributed by atoms with Gasteiger partial charge in [-0.05, 0) is 20.0 Å². The summed E-state index contributed by atoms with van der Waals surface area (Å²) in [4.78, 5) is 24.3. The highest BCUT2D eigenvalue weighted by molar-refractivity contribution is 5.81. The molecule has 0 aliphatic rings. The number of nitrogens with one attached hydrogen (secondary N) is 1. The van der Waals surface area contributed by atoms with Crippen molar-refractivity contribution in [2.75, 3.05) is 20.7 Å². The van der Waals surface area contributed by atoms with Crippen molar-refractivity contribution >= 4 is 11.9 Å². The van der Waals surface area contributed by atoms with E-state index in [2.05, 4.69) is 5.32 Å². The van der Waals surface area contributed by atoms with Crippen molar-refractivity contribution in [2.24, 2.45) is 0 Å². The zero-order chi connectivity index (χ0) is 15.8. The molecule has 1 amide bonds. The summed E-state index contributed by atoms with van der Waals surface area (Å²) in [6.45, 7) is 2.46. The third-order valence-electron chi connectivity index (χ3n) is 3.36. The summed E-state index contributed by atoms with van der Waals surface area (Å²) in [5.74, 6) is -0.290. The highest BCUT2D eigenvalue weighted by Gasteiger charge is 2.18. The second-order valence-corrected chi connectivity index (χ2v) is 4.83. The van der Waals surface area contributed by atoms with Gasteiger partial charge >= 0.3 is 5.97 Å². The van der Waals surface area contributed by atoms with Gasteiger partial charge in [0.1, 0.15) is 5.75 Å². The van der Waals surface area contributed by atoms with Crippen LogP contribution in [0.15, 0.2) is 24.3 Å². The standard InChI is InChI=1S/C15H22N2O4/c1-11(17(2)9-8-14(18)19)15(20)16-10-12-6-4-5-7-13(12)21-3/h4-7,11H,8-10H2,1-3H3,(H,16,20)(H,18,19). The SMILES string of the molecule is COc1ccccc1CNC(=O)C(C)N(C)CCC(=O)O. The van der Waals surface area contributed by atoms with Crippen LogP contribution in [0, 0.1) is 0 Å². The maximum Gasteiger partial charge on any atom is 0.304 e. The predicted molar refractivity (Wildman–Crippen MR) is 79.2 cm³/mol. The van der Waals surface area contributed by atoms with E-state index in [0.29, 0.717) is 13.1 Å². The molecule has 0 saturated heterocycles. The Morgan fingerprint density at radius 2 is 2.05 bits per heavy atom. The number of hydrogen-bond donors (Lipinski definition) is 2. The van der Waals surface area contributed by atoms with Gasteiger partial charge in [-0.25, -0.2) is 0 Å². The summed E-state index contributed by atoms with van der Waals surface area (Å²) in [5, 5.41) is 11.5. The summed E-state index contributed by atoms with van der Waals surface area (Å²) >= 11 is 0. The molecule has 1 atom stereocenters. The molecular weight excluding hydrogens is 272 g/mol. The van der Waals surface area contributed by atoms with Crippen LogP contribution in [0.2, 0.25) is 0 Å². The molecule has 1 aromatic rings. The Morgan fingerprint density at radius 1 is 1.38 bits per heavy atom. The monoisotopic (exact) mass is 294 g/mol. The van der Waals surface area contributed by atoms with Gasteiger partial charge < -0.3 is 15.2 Å². The number of methoxy groups -OCH3 is 1. The van der Waals surface area contributed by atoms with Crippen LogP contribution in [-0.2, 0) is 16.1 Å². The molecule has 0 saturated carbocycles. The Bertz CT molecular complexity index is 490. The number of para-hydroxylation sites is 1. The van der Waals surface area contributed by atoms with E-state index in [1.807, 2.05) is 24.3 Å². The number of carbonyl (C=O) groups excluding carboxylic acids is 1. The van der Waals surface area contributed by atoms with Crippen molar-refractivity contribution in [1.82, 2.24) is 10.2 Å². The maximum atomic E-state index is 12.1. The average molecular weight is 294 g/mol. The molecule has 0 radical (unpaired) electrons. The van der Waals surface area contributed by atoms with Crippen LogP contribution in [0.4, 0.5) is 0 Å². The second-order valence-electron chi connectivity index (χ2n) is 4.83. The average Bonchev–Trinajstić information content (AvgIpc) is 2.49. The van der Waals surface area contributed by atoms with Crippen molar-refractivity contribution < 1.29 is 19.4 Å². The molecule has 2 N–H and O–H groups in total. The minimum absolute atomic E-state index is 0.0145. The Kier molecular flexibility index (Phi) is 6.68. The summed E-state index contributed by atoms with van der Waals surface area (Å²) in [6.07, 6.45) is 0.0145. The fourth-order valence-corrected chi connectivity index (χ4v) is 1.84. The molecule has 0 spiro atoms. The number of hydrogen-bond acceptors (Lipinski definition) is 4. The topological polar surface area (TPSA) is 78.9 Å². The first-order valence-corrected chi connectivity index (χ1v) is 6.77. The molecule has 116 valence electrons. The van der Waals surface area contributed by atoms with Crippen LogP contribution in [0.1, 0.15) is 18.9 Å². The van der Waals surface area contributed by atoms with Crippen molar-refractivity contribution in [2.45, 2.75) is 25.9 Å². The normalized spacial score (nSPS) is 12.0. The Balaban J connectivity index is 2.50. The molecule has 0 aliphatic carbocycles. The number of likely N-dealkylation sites (N-methyl/N-ethyl adjacent to an activating group) is 1. The van der Waals surface area contributed by atoms with Crippen LogP contribution in [-0.4, -0.2) is 48.6 Å². The van der Waals surface area contributed by atoms with Crippen LogP contribution >= 0.6 is 0 Å². The molecule has 0 aliphatic heterocycles. The molecule has 1 unspecified atom stereocenters. The van der Waals surface area contributed by atoms with E-state index >= 15 is 0 Å². The summed E-state index contributed by atoms with van der Waals surface area (Å²) < 4.78 is 5.22. The van der Waals surface area contributed by atoms with Crippen LogP contribution in [0.3, 0.4) is 0 Å². The molecule has 0 bridgehead atoms. The molecule has 21 heavy (non-hydrogen) atoms. The number of rotatable bonds is 8. The smallest absolute Gasteiger partial charge is 0.304 e. The van der Waals surface area contributed by atoms with Crippen molar-refractivity contribution in [3.63, 3.8) is 0 Å². The van der Waals surface area contributed by atoms with E-state index in [9.17, 15) is 9.59 Å². The highest BCUT2D eigenvalue weighted by Crippen LogP contribution is 2.16. The summed E-state index contributed by atoms with van der Waals surface area (Å²) in [5.41, 5.74) is 0.897. The lowest BCUT2D eigenvalue weighted by Gasteiger charge is -2.23. The second kappa shape index (κ2) is 8.26. The van der Waals surface area contributed by atoms with E-state index in [-0.39, 0.29) is 18.4 Å². The first-order chi connectivity index (χ1) is 9.95. The van der Waals surface area contributed by atoms with Gasteiger partial charge in [0.2, 0.25) is 5.91 Å². The molecule has 0 heterocycles. The van der Waals surface area contributed by atoms with Gasteiger partial charge in [0, 0.05) is 18.7 Å². The molecule has 1 aromatic carbocycles. The predicted octanol–water partition coefficient (Wildman–Crippen LogP) is 1.11. The van der Waals surface area contributed by atoms with Gasteiger partial charge in [-0.1, -0.05) is 18.2 Å². The minimum atomic E-state index is -0.872. The molecule has 6 nitrogen and oxygen atoms in total. The maximum absolute atomic E-state index is 12.1. The lowest BCUT2D eigenvalue weighted by Crippen LogP contribution is -2.43. The first kappa shape index (κ1) is 17.0. The first-order valence-electron chi connectivity index (χ1n) is 6.77. The van der Waals surface area contributed by atoms with Crippen LogP contribution in [0.5, 0.6) is 5.75 Å². The van der Waals surface area contributed by atoms with Crippen molar-refractivity contribution in [1.29, 1.82) is 0 Å². The van der Waals surface area contributed by atoms with Crippen molar-refractivity contribution in [3.05, 3.63) is 29.8 Å². The third-order valence-corrected chi connectivity index (χ3v) is 3.36. The number of nitrogens with zero attached hydrogens (tertiary/aromatic N) is 1. The molecule has 0 fully saturated rings. The van der Waals surface area contributed by atoms with Gasteiger partial charge in [-0.3, -0.25) is 14.5 Å². The Hall–Kier alpha value is -2.08. The van der Waals surface area contributed by atoms with Gasteiger partial charge in [0.05, 0.1) is 19.6 Å². The van der Waals surface area contributed by atoms with E-state index in [1.54, 1.807) is 26.0 Å². The van der Waals surface area contributed by atoms with Gasteiger partial charge in [-0.15, -0.1) is 0 Å². The lowest BCUT2D eigenvalue weighted by atomic mass is 10.2. The quantitative estimate of drug-likeness (QED) is 0.751. The number of aliphatic carboxylic acids is 1. The number of carbonyl (C=O) groups is 2.